The zero-order valence-corrected chi connectivity index (χ0v) is 20.8. The number of esters is 1. The molecule has 1 N–H and O–H groups in total. The maximum atomic E-state index is 12.7. The highest BCUT2D eigenvalue weighted by molar-refractivity contribution is 6.35. The number of anilines is 2. The Kier molecular flexibility index (Phi) is 10.3. The highest BCUT2D eigenvalue weighted by Gasteiger charge is 2.21. The Balaban J connectivity index is 2.17. The van der Waals surface area contributed by atoms with Gasteiger partial charge in [-0.15, -0.1) is 0 Å². The van der Waals surface area contributed by atoms with Crippen LogP contribution in [0.3, 0.4) is 0 Å². The van der Waals surface area contributed by atoms with Gasteiger partial charge in [0.15, 0.2) is 11.5 Å². The monoisotopic (exact) mass is 536 g/mol. The Hall–Kier alpha value is -4.02. The van der Waals surface area contributed by atoms with Crippen molar-refractivity contribution in [2.24, 2.45) is 0 Å². The van der Waals surface area contributed by atoms with Crippen LogP contribution in [0.1, 0.15) is 0 Å². The molecule has 0 saturated carbocycles. The van der Waals surface area contributed by atoms with Crippen LogP contribution in [0.4, 0.5) is 11.4 Å². The summed E-state index contributed by atoms with van der Waals surface area (Å²) in [6, 6.07) is 8.71. The zero-order valence-electron chi connectivity index (χ0n) is 19.3. The van der Waals surface area contributed by atoms with Crippen molar-refractivity contribution < 1.29 is 38.5 Å². The lowest BCUT2D eigenvalue weighted by Crippen LogP contribution is -2.35. The number of carboxylic acids is 1. The molecular weight excluding hydrogens is 515 g/mol. The van der Waals surface area contributed by atoms with E-state index in [2.05, 4.69) is 6.58 Å². The number of nitrogens with zero attached hydrogens (tertiary/aromatic N) is 2. The summed E-state index contributed by atoms with van der Waals surface area (Å²) in [6.07, 6.45) is 2.66. The van der Waals surface area contributed by atoms with E-state index in [1.54, 1.807) is 0 Å². The van der Waals surface area contributed by atoms with Gasteiger partial charge in [-0.3, -0.25) is 24.2 Å². The van der Waals surface area contributed by atoms with E-state index in [1.807, 2.05) is 0 Å². The van der Waals surface area contributed by atoms with Gasteiger partial charge in [0.1, 0.15) is 13.1 Å². The molecule has 0 bridgehead atoms. The van der Waals surface area contributed by atoms with Crippen molar-refractivity contribution in [3.8, 4) is 11.5 Å². The predicted molar refractivity (Wildman–Crippen MR) is 134 cm³/mol. The van der Waals surface area contributed by atoms with Gasteiger partial charge >= 0.3 is 11.9 Å². The third-order valence-corrected chi connectivity index (χ3v) is 4.97. The van der Waals surface area contributed by atoms with Gasteiger partial charge in [0.2, 0.25) is 0 Å². The van der Waals surface area contributed by atoms with E-state index in [-0.39, 0.29) is 27.2 Å². The lowest BCUT2D eigenvalue weighted by atomic mass is 10.2. The van der Waals surface area contributed by atoms with Crippen molar-refractivity contribution in [1.29, 1.82) is 0 Å². The number of hydrogen-bond donors (Lipinski definition) is 1. The van der Waals surface area contributed by atoms with Gasteiger partial charge in [-0.05, 0) is 36.4 Å². The molecule has 190 valence electrons. The Morgan fingerprint density at radius 3 is 2.06 bits per heavy atom. The Labute approximate surface area is 216 Å². The molecule has 12 heteroatoms. The molecule has 0 saturated heterocycles. The SMILES string of the molecule is C=CC(=O)N(CC(=O)O/C=C/C(=O)N(CC(=O)O)c1ccc(OC)c(OC)c1)c1cc(Cl)cc(Cl)c1. The third kappa shape index (κ3) is 7.76. The zero-order chi connectivity index (χ0) is 26.8. The second-order valence-electron chi connectivity index (χ2n) is 6.91. The molecule has 0 atom stereocenters. The number of benzene rings is 2. The number of carbonyl (C=O) groups is 4. The minimum absolute atomic E-state index is 0.205. The van der Waals surface area contributed by atoms with Gasteiger partial charge < -0.3 is 19.3 Å². The van der Waals surface area contributed by atoms with Gasteiger partial charge in [0.05, 0.1) is 20.5 Å². The first-order chi connectivity index (χ1) is 17.1. The fraction of sp³-hybridized carbons (Fsp3) is 0.167. The second kappa shape index (κ2) is 13.2. The molecule has 10 nitrogen and oxygen atoms in total. The standard InChI is InChI=1S/C24H22Cl2N2O8/c1-4-21(29)28(18-10-15(25)9-16(26)11-18)14-24(33)36-8-7-22(30)27(13-23(31)32)17-5-6-19(34-2)20(12-17)35-3/h4-12H,1,13-14H2,2-3H3,(H,31,32)/b8-7+. The van der Waals surface area contributed by atoms with Crippen LogP contribution < -0.4 is 19.3 Å². The lowest BCUT2D eigenvalue weighted by molar-refractivity contribution is -0.138. The summed E-state index contributed by atoms with van der Waals surface area (Å²) in [5.41, 5.74) is 0.437. The molecular formula is C24H22Cl2N2O8. The van der Waals surface area contributed by atoms with E-state index in [0.29, 0.717) is 5.75 Å². The van der Waals surface area contributed by atoms with E-state index in [4.69, 9.17) is 37.4 Å². The minimum atomic E-state index is -1.28. The summed E-state index contributed by atoms with van der Waals surface area (Å²) in [7, 11) is 2.82. The minimum Gasteiger partial charge on any atom is -0.493 e. The first-order valence-corrected chi connectivity index (χ1v) is 10.9. The van der Waals surface area contributed by atoms with Crippen molar-refractivity contribution in [3.05, 3.63) is 71.4 Å². The van der Waals surface area contributed by atoms with Crippen LogP contribution in [0.15, 0.2) is 61.4 Å². The van der Waals surface area contributed by atoms with Crippen molar-refractivity contribution in [1.82, 2.24) is 0 Å². The number of aliphatic carboxylic acids is 1. The van der Waals surface area contributed by atoms with Crippen LogP contribution >= 0.6 is 23.2 Å². The Morgan fingerprint density at radius 2 is 1.50 bits per heavy atom. The molecule has 2 aromatic rings. The van der Waals surface area contributed by atoms with E-state index < -0.39 is 36.8 Å². The third-order valence-electron chi connectivity index (χ3n) is 4.54. The van der Waals surface area contributed by atoms with E-state index >= 15 is 0 Å². The van der Waals surface area contributed by atoms with Gasteiger partial charge in [-0.2, -0.15) is 0 Å². The fourth-order valence-electron chi connectivity index (χ4n) is 2.95. The smallest absolute Gasteiger partial charge is 0.330 e. The molecule has 0 unspecified atom stereocenters. The van der Waals surface area contributed by atoms with E-state index in [9.17, 15) is 24.3 Å². The van der Waals surface area contributed by atoms with Crippen LogP contribution in [-0.4, -0.2) is 56.2 Å². The summed E-state index contributed by atoms with van der Waals surface area (Å²) in [5, 5.41) is 9.72. The van der Waals surface area contributed by atoms with Crippen LogP contribution in [0.25, 0.3) is 0 Å². The van der Waals surface area contributed by atoms with Crippen LogP contribution in [0.2, 0.25) is 10.0 Å². The number of hydrogen-bond acceptors (Lipinski definition) is 7. The Morgan fingerprint density at radius 1 is 0.889 bits per heavy atom. The maximum Gasteiger partial charge on any atom is 0.330 e. The molecule has 0 aliphatic rings. The summed E-state index contributed by atoms with van der Waals surface area (Å²) in [6.45, 7) is 2.18. The summed E-state index contributed by atoms with van der Waals surface area (Å²) < 4.78 is 15.3. The molecule has 0 fully saturated rings. The molecule has 36 heavy (non-hydrogen) atoms. The molecule has 0 radical (unpaired) electrons. The number of halogens is 2. The van der Waals surface area contributed by atoms with Gasteiger partial charge in [-0.25, -0.2) is 4.79 Å². The molecule has 0 spiro atoms. The molecule has 2 aromatic carbocycles. The number of carboxylic acid groups (broad SMARTS) is 1. The van der Waals surface area contributed by atoms with Gasteiger partial charge in [0.25, 0.3) is 11.8 Å². The van der Waals surface area contributed by atoms with Crippen molar-refractivity contribution in [3.63, 3.8) is 0 Å². The molecule has 2 amide bonds. The highest BCUT2D eigenvalue weighted by atomic mass is 35.5. The highest BCUT2D eigenvalue weighted by Crippen LogP contribution is 2.31. The average molecular weight is 537 g/mol. The molecule has 0 aromatic heterocycles. The maximum absolute atomic E-state index is 12.7. The first kappa shape index (κ1) is 28.2. The van der Waals surface area contributed by atoms with Crippen molar-refractivity contribution in [2.75, 3.05) is 37.1 Å². The molecule has 0 aliphatic heterocycles. The summed E-state index contributed by atoms with van der Waals surface area (Å²) >= 11 is 11.9. The molecule has 0 aliphatic carbocycles. The number of carbonyl (C=O) groups excluding carboxylic acids is 3. The number of rotatable bonds is 11. The summed E-state index contributed by atoms with van der Waals surface area (Å²) in [4.78, 5) is 50.6. The average Bonchev–Trinajstić information content (AvgIpc) is 2.84. The van der Waals surface area contributed by atoms with E-state index in [1.165, 1.54) is 50.6 Å². The number of methoxy groups -OCH3 is 2. The lowest BCUT2D eigenvalue weighted by Gasteiger charge is -2.21. The summed E-state index contributed by atoms with van der Waals surface area (Å²) in [5.74, 6) is -2.93. The van der Waals surface area contributed by atoms with Gasteiger partial charge in [0, 0.05) is 33.6 Å². The largest absolute Gasteiger partial charge is 0.493 e. The quantitative estimate of drug-likeness (QED) is 0.262. The Bertz CT molecular complexity index is 1180. The topological polar surface area (TPSA) is 123 Å². The van der Waals surface area contributed by atoms with Crippen LogP contribution in [0.5, 0.6) is 11.5 Å². The number of ether oxygens (including phenoxy) is 3. The predicted octanol–water partition coefficient (Wildman–Crippen LogP) is 3.70. The molecule has 0 heterocycles. The van der Waals surface area contributed by atoms with Crippen molar-refractivity contribution in [2.45, 2.75) is 0 Å². The van der Waals surface area contributed by atoms with E-state index in [0.717, 1.165) is 28.2 Å². The number of amides is 2. The van der Waals surface area contributed by atoms with Gasteiger partial charge in [-0.1, -0.05) is 29.8 Å². The van der Waals surface area contributed by atoms with Crippen molar-refractivity contribution >= 4 is 58.3 Å². The first-order valence-electron chi connectivity index (χ1n) is 10.1. The van der Waals surface area contributed by atoms with Crippen LogP contribution in [0, 0.1) is 0 Å². The fourth-order valence-corrected chi connectivity index (χ4v) is 3.47. The molecule has 2 rings (SSSR count). The normalized spacial score (nSPS) is 10.4. The second-order valence-corrected chi connectivity index (χ2v) is 7.78. The van der Waals surface area contributed by atoms with Crippen LogP contribution in [-0.2, 0) is 23.9 Å².